The highest BCUT2D eigenvalue weighted by atomic mass is 14.7. The lowest BCUT2D eigenvalue weighted by Crippen LogP contribution is -2.11. The van der Waals surface area contributed by atoms with Crippen LogP contribution in [-0.4, -0.2) is 6.21 Å². The number of nitrogens with zero attached hydrogens (tertiary/aromatic N) is 1. The molecule has 0 aliphatic carbocycles. The predicted molar refractivity (Wildman–Crippen MR) is 97.0 cm³/mol. The molecular formula is C20H19N3. The minimum atomic E-state index is -0.198. The maximum Gasteiger partial charge on any atom is 0.0681 e. The Morgan fingerprint density at radius 3 is 2.17 bits per heavy atom. The topological polar surface area (TPSA) is 64.4 Å². The fraction of sp³-hybridized carbons (Fsp3) is 0.0500. The highest BCUT2D eigenvalue weighted by molar-refractivity contribution is 5.82. The van der Waals surface area contributed by atoms with Crippen LogP contribution in [-0.2, 0) is 0 Å². The van der Waals surface area contributed by atoms with Crippen molar-refractivity contribution < 1.29 is 0 Å². The van der Waals surface area contributed by atoms with Gasteiger partial charge >= 0.3 is 0 Å². The van der Waals surface area contributed by atoms with Crippen molar-refractivity contribution in [1.29, 1.82) is 0 Å². The van der Waals surface area contributed by atoms with E-state index < -0.39 is 0 Å². The second kappa shape index (κ2) is 6.90. The Labute approximate surface area is 136 Å². The molecule has 23 heavy (non-hydrogen) atoms. The van der Waals surface area contributed by atoms with Crippen LogP contribution in [0.1, 0.15) is 22.7 Å². The van der Waals surface area contributed by atoms with Gasteiger partial charge in [0, 0.05) is 11.9 Å². The molecule has 3 nitrogen and oxygen atoms in total. The monoisotopic (exact) mass is 301 g/mol. The first kappa shape index (κ1) is 15.0. The third kappa shape index (κ3) is 3.65. The molecule has 0 aliphatic rings. The summed E-state index contributed by atoms with van der Waals surface area (Å²) in [6, 6.07) is 25.4. The van der Waals surface area contributed by atoms with Crippen molar-refractivity contribution in [1.82, 2.24) is 0 Å². The fourth-order valence-electron chi connectivity index (χ4n) is 2.43. The number of anilines is 1. The van der Waals surface area contributed by atoms with E-state index in [4.69, 9.17) is 11.5 Å². The summed E-state index contributed by atoms with van der Waals surface area (Å²) in [5.41, 5.74) is 16.8. The highest BCUT2D eigenvalue weighted by Crippen LogP contribution is 2.28. The fourth-order valence-corrected chi connectivity index (χ4v) is 2.43. The van der Waals surface area contributed by atoms with Crippen LogP contribution in [0.25, 0.3) is 0 Å². The van der Waals surface area contributed by atoms with Gasteiger partial charge in [0.1, 0.15) is 0 Å². The molecular weight excluding hydrogens is 282 g/mol. The first-order valence-corrected chi connectivity index (χ1v) is 7.53. The predicted octanol–water partition coefficient (Wildman–Crippen LogP) is 4.07. The molecule has 0 aliphatic heterocycles. The Bertz CT molecular complexity index is 793. The van der Waals surface area contributed by atoms with Gasteiger partial charge in [-0.1, -0.05) is 60.7 Å². The summed E-state index contributed by atoms with van der Waals surface area (Å²) in [5.74, 6) is 0. The molecule has 0 aromatic heterocycles. The van der Waals surface area contributed by atoms with E-state index in [1.807, 2.05) is 85.1 Å². The van der Waals surface area contributed by atoms with Gasteiger partial charge in [-0.2, -0.15) is 0 Å². The van der Waals surface area contributed by atoms with Crippen LogP contribution in [0.4, 0.5) is 11.4 Å². The van der Waals surface area contributed by atoms with Gasteiger partial charge in [-0.3, -0.25) is 4.99 Å². The van der Waals surface area contributed by atoms with E-state index in [0.717, 1.165) is 28.1 Å². The first-order chi connectivity index (χ1) is 11.2. The third-order valence-corrected chi connectivity index (χ3v) is 3.72. The van der Waals surface area contributed by atoms with E-state index in [9.17, 15) is 0 Å². The van der Waals surface area contributed by atoms with Gasteiger partial charge in [-0.25, -0.2) is 0 Å². The zero-order valence-corrected chi connectivity index (χ0v) is 12.8. The summed E-state index contributed by atoms with van der Waals surface area (Å²) in [6.07, 6.45) is 1.83. The molecule has 1 atom stereocenters. The van der Waals surface area contributed by atoms with Crippen molar-refractivity contribution in [2.24, 2.45) is 10.7 Å². The van der Waals surface area contributed by atoms with E-state index in [1.54, 1.807) is 0 Å². The smallest absolute Gasteiger partial charge is 0.0681 e. The minimum absolute atomic E-state index is 0.198. The second-order valence-corrected chi connectivity index (χ2v) is 5.37. The Balaban J connectivity index is 1.90. The average Bonchev–Trinajstić information content (AvgIpc) is 2.62. The molecule has 3 aromatic carbocycles. The molecule has 3 aromatic rings. The summed E-state index contributed by atoms with van der Waals surface area (Å²) in [4.78, 5) is 4.61. The van der Waals surface area contributed by atoms with Gasteiger partial charge in [-0.05, 0) is 34.9 Å². The van der Waals surface area contributed by atoms with Crippen molar-refractivity contribution in [2.75, 3.05) is 5.73 Å². The van der Waals surface area contributed by atoms with E-state index >= 15 is 0 Å². The largest absolute Gasteiger partial charge is 0.399 e. The number of nitrogens with two attached hydrogens (primary N) is 2. The quantitative estimate of drug-likeness (QED) is 0.563. The Morgan fingerprint density at radius 2 is 1.43 bits per heavy atom. The van der Waals surface area contributed by atoms with Crippen LogP contribution in [0.2, 0.25) is 0 Å². The van der Waals surface area contributed by atoms with E-state index in [1.165, 1.54) is 0 Å². The van der Waals surface area contributed by atoms with Gasteiger partial charge in [0.05, 0.1) is 11.7 Å². The summed E-state index contributed by atoms with van der Waals surface area (Å²) in [6.45, 7) is 0. The molecule has 0 bridgehead atoms. The SMILES string of the molecule is Nc1ccc(C=Nc2ccccc2C(N)c2ccccc2)cc1. The van der Waals surface area contributed by atoms with Crippen molar-refractivity contribution in [2.45, 2.75) is 6.04 Å². The number of rotatable bonds is 4. The van der Waals surface area contributed by atoms with E-state index in [0.29, 0.717) is 0 Å². The molecule has 3 heteroatoms. The van der Waals surface area contributed by atoms with Gasteiger partial charge in [0.15, 0.2) is 0 Å². The van der Waals surface area contributed by atoms with Crippen LogP contribution >= 0.6 is 0 Å². The van der Waals surface area contributed by atoms with Crippen molar-refractivity contribution in [3.05, 3.63) is 95.6 Å². The lowest BCUT2D eigenvalue weighted by atomic mass is 9.98. The first-order valence-electron chi connectivity index (χ1n) is 7.53. The van der Waals surface area contributed by atoms with Crippen LogP contribution in [0.15, 0.2) is 83.9 Å². The molecule has 4 N–H and O–H groups in total. The zero-order chi connectivity index (χ0) is 16.1. The van der Waals surface area contributed by atoms with Crippen LogP contribution in [0.5, 0.6) is 0 Å². The molecule has 0 amide bonds. The summed E-state index contributed by atoms with van der Waals surface area (Å²) < 4.78 is 0. The molecule has 0 saturated carbocycles. The number of aliphatic imine (C=N–C) groups is 1. The Morgan fingerprint density at radius 1 is 0.783 bits per heavy atom. The normalized spacial score (nSPS) is 12.4. The van der Waals surface area contributed by atoms with Crippen molar-refractivity contribution in [3.8, 4) is 0 Å². The molecule has 114 valence electrons. The molecule has 0 radical (unpaired) electrons. The van der Waals surface area contributed by atoms with Crippen LogP contribution < -0.4 is 11.5 Å². The van der Waals surface area contributed by atoms with Crippen LogP contribution in [0.3, 0.4) is 0 Å². The number of para-hydroxylation sites is 1. The van der Waals surface area contributed by atoms with Crippen LogP contribution in [0, 0.1) is 0 Å². The Hall–Kier alpha value is -2.91. The number of nitrogen functional groups attached to an aromatic ring is 1. The van der Waals surface area contributed by atoms with Gasteiger partial charge in [0.2, 0.25) is 0 Å². The summed E-state index contributed by atoms with van der Waals surface area (Å²) >= 11 is 0. The van der Waals surface area contributed by atoms with E-state index in [-0.39, 0.29) is 6.04 Å². The molecule has 0 fully saturated rings. The molecule has 0 heterocycles. The van der Waals surface area contributed by atoms with Gasteiger partial charge in [0.25, 0.3) is 0 Å². The number of hydrogen-bond acceptors (Lipinski definition) is 3. The molecule has 0 spiro atoms. The second-order valence-electron chi connectivity index (χ2n) is 5.37. The molecule has 1 unspecified atom stereocenters. The summed E-state index contributed by atoms with van der Waals surface area (Å²) in [5, 5.41) is 0. The molecule has 3 rings (SSSR count). The third-order valence-electron chi connectivity index (χ3n) is 3.72. The van der Waals surface area contributed by atoms with Crippen molar-refractivity contribution in [3.63, 3.8) is 0 Å². The maximum atomic E-state index is 6.42. The van der Waals surface area contributed by atoms with Crippen molar-refractivity contribution >= 4 is 17.6 Å². The lowest BCUT2D eigenvalue weighted by molar-refractivity contribution is 0.872. The average molecular weight is 301 g/mol. The Kier molecular flexibility index (Phi) is 4.50. The van der Waals surface area contributed by atoms with E-state index in [2.05, 4.69) is 4.99 Å². The highest BCUT2D eigenvalue weighted by Gasteiger charge is 2.11. The zero-order valence-electron chi connectivity index (χ0n) is 12.8. The molecule has 0 saturated heterocycles. The van der Waals surface area contributed by atoms with Gasteiger partial charge in [-0.15, -0.1) is 0 Å². The lowest BCUT2D eigenvalue weighted by Gasteiger charge is -2.14. The minimum Gasteiger partial charge on any atom is -0.399 e. The standard InChI is InChI=1S/C20H19N3/c21-17-12-10-15(11-13-17)14-23-19-9-5-4-8-18(19)20(22)16-6-2-1-3-7-16/h1-14,20H,21-22H2. The number of benzene rings is 3. The van der Waals surface area contributed by atoms with Gasteiger partial charge < -0.3 is 11.5 Å². The number of hydrogen-bond donors (Lipinski definition) is 2. The summed E-state index contributed by atoms with van der Waals surface area (Å²) in [7, 11) is 0. The maximum absolute atomic E-state index is 6.42.